The number of nitrogens with zero attached hydrogens (tertiary/aromatic N) is 3. The number of carbonyl (C=O) groups is 1. The van der Waals surface area contributed by atoms with Crippen molar-refractivity contribution in [2.24, 2.45) is 0 Å². The Balaban J connectivity index is 1.40. The molecule has 0 saturated carbocycles. The summed E-state index contributed by atoms with van der Waals surface area (Å²) in [6.07, 6.45) is 0. The minimum Gasteiger partial charge on any atom is -0.497 e. The Morgan fingerprint density at radius 1 is 1.11 bits per heavy atom. The number of methoxy groups -OCH3 is 1. The Kier molecular flexibility index (Phi) is 7.02. The number of fused-ring (bicyclic) bond motifs is 1. The fourth-order valence-corrected chi connectivity index (χ4v) is 4.86. The maximum absolute atomic E-state index is 12.9. The number of ether oxygens (including phenoxy) is 3. The lowest BCUT2D eigenvalue weighted by Crippen LogP contribution is -2.24. The summed E-state index contributed by atoms with van der Waals surface area (Å²) in [6, 6.07) is 18.6. The second-order valence-electron chi connectivity index (χ2n) is 8.06. The van der Waals surface area contributed by atoms with Crippen LogP contribution in [-0.2, 0) is 12.3 Å². The van der Waals surface area contributed by atoms with Crippen molar-refractivity contribution in [2.75, 3.05) is 13.9 Å². The summed E-state index contributed by atoms with van der Waals surface area (Å²) in [4.78, 5) is 12.9. The summed E-state index contributed by atoms with van der Waals surface area (Å²) in [5, 5.41) is 13.1. The highest BCUT2D eigenvalue weighted by Crippen LogP contribution is 2.33. The maximum Gasteiger partial charge on any atom is 0.251 e. The Morgan fingerprint density at radius 3 is 2.83 bits per heavy atom. The fraction of sp³-hybridized carbons (Fsp3) is 0.192. The molecule has 0 atom stereocenters. The van der Waals surface area contributed by atoms with Crippen LogP contribution in [0.5, 0.6) is 17.2 Å². The van der Waals surface area contributed by atoms with Gasteiger partial charge in [-0.3, -0.25) is 9.36 Å². The van der Waals surface area contributed by atoms with Crippen LogP contribution in [0.3, 0.4) is 0 Å². The van der Waals surface area contributed by atoms with Crippen LogP contribution in [0.1, 0.15) is 27.3 Å². The predicted molar refractivity (Wildman–Crippen MR) is 137 cm³/mol. The van der Waals surface area contributed by atoms with E-state index in [0.29, 0.717) is 38.8 Å². The van der Waals surface area contributed by atoms with Gasteiger partial charge in [-0.1, -0.05) is 41.6 Å². The third-order valence-electron chi connectivity index (χ3n) is 5.66. The Hall–Kier alpha value is -3.69. The van der Waals surface area contributed by atoms with E-state index < -0.39 is 0 Å². The summed E-state index contributed by atoms with van der Waals surface area (Å²) in [6.45, 7) is 2.32. The third-order valence-corrected chi connectivity index (χ3v) is 6.89. The molecule has 1 N–H and O–H groups in total. The summed E-state index contributed by atoms with van der Waals surface area (Å²) in [5.41, 5.74) is 3.42. The minimum atomic E-state index is -0.253. The first-order chi connectivity index (χ1) is 17.5. The number of halogens is 1. The molecule has 184 valence electrons. The molecule has 3 aromatic carbocycles. The van der Waals surface area contributed by atoms with Crippen molar-refractivity contribution in [3.05, 3.63) is 88.2 Å². The molecule has 1 aliphatic rings. The number of amides is 1. The first-order valence-electron chi connectivity index (χ1n) is 11.2. The first kappa shape index (κ1) is 24.0. The van der Waals surface area contributed by atoms with Gasteiger partial charge in [0, 0.05) is 16.3 Å². The number of rotatable bonds is 8. The van der Waals surface area contributed by atoms with Crippen molar-refractivity contribution in [3.63, 3.8) is 0 Å². The summed E-state index contributed by atoms with van der Waals surface area (Å²) in [5.74, 6) is 2.97. The van der Waals surface area contributed by atoms with Gasteiger partial charge in [0.2, 0.25) is 6.79 Å². The first-order valence-corrected chi connectivity index (χ1v) is 12.5. The van der Waals surface area contributed by atoms with Gasteiger partial charge in [-0.25, -0.2) is 0 Å². The van der Waals surface area contributed by atoms with E-state index >= 15 is 0 Å². The van der Waals surface area contributed by atoms with Crippen LogP contribution in [0.2, 0.25) is 5.02 Å². The lowest BCUT2D eigenvalue weighted by atomic mass is 10.2. The molecule has 0 fully saturated rings. The number of carbonyl (C=O) groups excluding carboxylic acids is 1. The highest BCUT2D eigenvalue weighted by molar-refractivity contribution is 7.98. The van der Waals surface area contributed by atoms with Crippen LogP contribution < -0.4 is 19.5 Å². The number of nitrogens with one attached hydrogen (secondary N) is 1. The van der Waals surface area contributed by atoms with Gasteiger partial charge in [-0.2, -0.15) is 0 Å². The van der Waals surface area contributed by atoms with Crippen molar-refractivity contribution in [2.45, 2.75) is 24.4 Å². The highest BCUT2D eigenvalue weighted by Gasteiger charge is 2.19. The third kappa shape index (κ3) is 5.12. The molecule has 4 aromatic rings. The van der Waals surface area contributed by atoms with Crippen molar-refractivity contribution in [1.82, 2.24) is 20.1 Å². The molecule has 0 bridgehead atoms. The van der Waals surface area contributed by atoms with Crippen LogP contribution in [-0.4, -0.2) is 34.6 Å². The lowest BCUT2D eigenvalue weighted by molar-refractivity contribution is 0.0949. The van der Waals surface area contributed by atoms with Gasteiger partial charge >= 0.3 is 0 Å². The van der Waals surface area contributed by atoms with Crippen molar-refractivity contribution in [1.29, 1.82) is 0 Å². The van der Waals surface area contributed by atoms with E-state index in [1.165, 1.54) is 0 Å². The molecule has 5 rings (SSSR count). The van der Waals surface area contributed by atoms with E-state index in [4.69, 9.17) is 25.8 Å². The van der Waals surface area contributed by atoms with Crippen LogP contribution >= 0.6 is 23.4 Å². The number of hydrogen-bond donors (Lipinski definition) is 1. The molecule has 10 heteroatoms. The molecule has 8 nitrogen and oxygen atoms in total. The molecule has 1 aromatic heterocycles. The second kappa shape index (κ2) is 10.5. The molecule has 0 unspecified atom stereocenters. The van der Waals surface area contributed by atoms with Gasteiger partial charge in [-0.05, 0) is 60.5 Å². The quantitative estimate of drug-likeness (QED) is 0.319. The van der Waals surface area contributed by atoms with Gasteiger partial charge in [0.15, 0.2) is 22.5 Å². The van der Waals surface area contributed by atoms with E-state index in [1.54, 1.807) is 37.1 Å². The van der Waals surface area contributed by atoms with Crippen LogP contribution in [0.25, 0.3) is 5.69 Å². The van der Waals surface area contributed by atoms with Gasteiger partial charge in [0.1, 0.15) is 5.75 Å². The SMILES string of the molecule is COc1cccc(CSc2nnc(CNC(=O)c3ccc4c(c3)OCO4)n2-c2cc(Cl)ccc2C)c1. The Bertz CT molecular complexity index is 1430. The molecule has 1 aliphatic heterocycles. The van der Waals surface area contributed by atoms with Gasteiger partial charge < -0.3 is 19.5 Å². The van der Waals surface area contributed by atoms with Gasteiger partial charge in [0.05, 0.1) is 19.3 Å². The van der Waals surface area contributed by atoms with Crippen molar-refractivity contribution < 1.29 is 19.0 Å². The molecule has 0 saturated heterocycles. The standard InChI is InChI=1S/C26H23ClN4O4S/c1-16-6-8-19(27)12-21(16)31-24(13-28-25(32)18-7-9-22-23(11-18)35-15-34-22)29-30-26(31)36-14-17-4-3-5-20(10-17)33-2/h3-12H,13-15H2,1-2H3,(H,28,32). The zero-order valence-corrected chi connectivity index (χ0v) is 21.2. The summed E-state index contributed by atoms with van der Waals surface area (Å²) in [7, 11) is 1.65. The Morgan fingerprint density at radius 2 is 1.97 bits per heavy atom. The number of benzene rings is 3. The number of hydrogen-bond acceptors (Lipinski definition) is 7. The van der Waals surface area contributed by atoms with Crippen molar-refractivity contribution in [3.8, 4) is 22.9 Å². The molecule has 0 radical (unpaired) electrons. The Labute approximate surface area is 217 Å². The predicted octanol–water partition coefficient (Wildman–Crippen LogP) is 5.19. The van der Waals surface area contributed by atoms with E-state index in [-0.39, 0.29) is 19.2 Å². The topological polar surface area (TPSA) is 87.5 Å². The molecule has 0 spiro atoms. The van der Waals surface area contributed by atoms with Gasteiger partial charge in [-0.15, -0.1) is 10.2 Å². The monoisotopic (exact) mass is 522 g/mol. The average molecular weight is 523 g/mol. The molecular weight excluding hydrogens is 500 g/mol. The highest BCUT2D eigenvalue weighted by atomic mass is 35.5. The molecule has 36 heavy (non-hydrogen) atoms. The van der Waals surface area contributed by atoms with Crippen LogP contribution in [0, 0.1) is 6.92 Å². The normalized spacial score (nSPS) is 12.0. The average Bonchev–Trinajstić information content (AvgIpc) is 3.54. The fourth-order valence-electron chi connectivity index (χ4n) is 3.78. The molecule has 1 amide bonds. The van der Waals surface area contributed by atoms with Gasteiger partial charge in [0.25, 0.3) is 5.91 Å². The number of thioether (sulfide) groups is 1. The summed E-state index contributed by atoms with van der Waals surface area (Å²) >= 11 is 7.87. The smallest absolute Gasteiger partial charge is 0.251 e. The largest absolute Gasteiger partial charge is 0.497 e. The minimum absolute atomic E-state index is 0.151. The zero-order valence-electron chi connectivity index (χ0n) is 19.7. The zero-order chi connectivity index (χ0) is 25.1. The van der Waals surface area contributed by atoms with E-state index in [0.717, 1.165) is 22.6 Å². The summed E-state index contributed by atoms with van der Waals surface area (Å²) < 4.78 is 18.0. The van der Waals surface area contributed by atoms with Crippen LogP contribution in [0.15, 0.2) is 65.8 Å². The maximum atomic E-state index is 12.9. The van der Waals surface area contributed by atoms with Crippen LogP contribution in [0.4, 0.5) is 0 Å². The van der Waals surface area contributed by atoms with E-state index in [9.17, 15) is 4.79 Å². The molecule has 0 aliphatic carbocycles. The van der Waals surface area contributed by atoms with E-state index in [1.807, 2.05) is 54.0 Å². The van der Waals surface area contributed by atoms with E-state index in [2.05, 4.69) is 15.5 Å². The molecule has 2 heterocycles. The van der Waals surface area contributed by atoms with Crippen molar-refractivity contribution >= 4 is 29.3 Å². The second-order valence-corrected chi connectivity index (χ2v) is 9.43. The lowest BCUT2D eigenvalue weighted by Gasteiger charge is -2.14. The number of aromatic nitrogens is 3. The molecular formula is C26H23ClN4O4S. The number of aryl methyl sites for hydroxylation is 1.